The van der Waals surface area contributed by atoms with Gasteiger partial charge in [0.15, 0.2) is 0 Å². The van der Waals surface area contributed by atoms with Crippen molar-refractivity contribution in [1.82, 2.24) is 0 Å². The lowest BCUT2D eigenvalue weighted by molar-refractivity contribution is -0.119. The highest BCUT2D eigenvalue weighted by Gasteiger charge is 2.12. The third-order valence-corrected chi connectivity index (χ3v) is 4.21. The van der Waals surface area contributed by atoms with Gasteiger partial charge in [0.2, 0.25) is 0 Å². The largest absolute Gasteiger partial charge is 0.300 e. The van der Waals surface area contributed by atoms with E-state index in [-0.39, 0.29) is 0 Å². The maximum atomic E-state index is 11.8. The molecule has 1 heteroatoms. The third-order valence-electron chi connectivity index (χ3n) is 4.21. The Morgan fingerprint density at radius 1 is 0.667 bits per heavy atom. The van der Waals surface area contributed by atoms with Gasteiger partial charge in [-0.2, -0.15) is 0 Å². The van der Waals surface area contributed by atoms with Gasteiger partial charge in [-0.25, -0.2) is 0 Å². The van der Waals surface area contributed by atoms with Gasteiger partial charge >= 0.3 is 0 Å². The molecule has 0 aliphatic heterocycles. The zero-order chi connectivity index (χ0) is 16.0. The molecule has 0 fully saturated rings. The number of carbonyl (C=O) groups is 1. The molecule has 126 valence electrons. The first-order chi connectivity index (χ1) is 9.95. The summed E-state index contributed by atoms with van der Waals surface area (Å²) in [4.78, 5) is 11.8. The molecule has 21 heavy (non-hydrogen) atoms. The zero-order valence-electron chi connectivity index (χ0n) is 15.3. The molecule has 0 heterocycles. The summed E-state index contributed by atoms with van der Waals surface area (Å²) < 4.78 is 0. The van der Waals surface area contributed by atoms with Gasteiger partial charge in [0, 0.05) is 12.8 Å². The summed E-state index contributed by atoms with van der Waals surface area (Å²) >= 11 is 0. The van der Waals surface area contributed by atoms with E-state index in [2.05, 4.69) is 27.7 Å². The molecule has 0 aromatic heterocycles. The van der Waals surface area contributed by atoms with Crippen LogP contribution in [-0.4, -0.2) is 5.78 Å². The van der Waals surface area contributed by atoms with E-state index in [1.165, 1.54) is 64.2 Å². The molecule has 0 unspecified atom stereocenters. The third kappa shape index (κ3) is 17.6. The predicted molar refractivity (Wildman–Crippen MR) is 94.8 cm³/mol. The molecular weight excluding hydrogens is 256 g/mol. The Labute approximate surface area is 134 Å². The molecule has 0 saturated carbocycles. The quantitative estimate of drug-likeness (QED) is 0.313. The van der Waals surface area contributed by atoms with Crippen LogP contribution in [0.5, 0.6) is 0 Å². The van der Waals surface area contributed by atoms with Crippen molar-refractivity contribution in [3.8, 4) is 0 Å². The maximum Gasteiger partial charge on any atom is 0.132 e. The summed E-state index contributed by atoms with van der Waals surface area (Å²) in [5.74, 6) is 0.473. The van der Waals surface area contributed by atoms with Gasteiger partial charge in [-0.3, -0.25) is 4.79 Å². The van der Waals surface area contributed by atoms with Crippen LogP contribution in [0.3, 0.4) is 0 Å². The normalized spacial score (nSPS) is 11.8. The lowest BCUT2D eigenvalue weighted by Crippen LogP contribution is -2.08. The molecule has 0 aromatic rings. The van der Waals surface area contributed by atoms with E-state index in [1.54, 1.807) is 0 Å². The van der Waals surface area contributed by atoms with Crippen LogP contribution in [0.2, 0.25) is 0 Å². The van der Waals surface area contributed by atoms with Crippen molar-refractivity contribution >= 4 is 5.78 Å². The first kappa shape index (κ1) is 20.7. The van der Waals surface area contributed by atoms with E-state index >= 15 is 0 Å². The lowest BCUT2D eigenvalue weighted by Gasteiger charge is -2.16. The number of hydrogen-bond donors (Lipinski definition) is 0. The smallest absolute Gasteiger partial charge is 0.132 e. The van der Waals surface area contributed by atoms with Crippen LogP contribution >= 0.6 is 0 Å². The first-order valence-electron chi connectivity index (χ1n) is 9.47. The highest BCUT2D eigenvalue weighted by atomic mass is 16.1. The van der Waals surface area contributed by atoms with Crippen LogP contribution in [0.4, 0.5) is 0 Å². The minimum atomic E-state index is 0.298. The molecule has 0 amide bonds. The van der Waals surface area contributed by atoms with Crippen molar-refractivity contribution in [3.63, 3.8) is 0 Å². The fourth-order valence-electron chi connectivity index (χ4n) is 2.63. The van der Waals surface area contributed by atoms with E-state index in [0.29, 0.717) is 11.2 Å². The summed E-state index contributed by atoms with van der Waals surface area (Å²) in [6, 6.07) is 0. The topological polar surface area (TPSA) is 17.1 Å². The van der Waals surface area contributed by atoms with E-state index in [4.69, 9.17) is 0 Å². The molecule has 0 radical (unpaired) electrons. The molecule has 0 atom stereocenters. The Balaban J connectivity index is 3.20. The Morgan fingerprint density at radius 2 is 1.10 bits per heavy atom. The van der Waals surface area contributed by atoms with Crippen molar-refractivity contribution in [3.05, 3.63) is 0 Å². The molecule has 0 spiro atoms. The standard InChI is InChI=1S/C20H40O/c1-5-6-7-8-9-10-11-12-13-14-15-16-19(21)17-18-20(2,3)4/h5-18H2,1-4H3. The number of rotatable bonds is 14. The Hall–Kier alpha value is -0.330. The van der Waals surface area contributed by atoms with Gasteiger partial charge in [-0.05, 0) is 18.3 Å². The van der Waals surface area contributed by atoms with Crippen molar-refractivity contribution in [2.75, 3.05) is 0 Å². The molecular formula is C20H40O. The summed E-state index contributed by atoms with van der Waals surface area (Å²) in [6.45, 7) is 8.90. The Kier molecular flexibility index (Phi) is 13.1. The summed E-state index contributed by atoms with van der Waals surface area (Å²) in [5.41, 5.74) is 0.298. The Bertz CT molecular complexity index is 237. The molecule has 0 aromatic carbocycles. The zero-order valence-corrected chi connectivity index (χ0v) is 15.3. The minimum absolute atomic E-state index is 0.298. The summed E-state index contributed by atoms with van der Waals surface area (Å²) in [6.07, 6.45) is 17.5. The number of Topliss-reactive ketones (excluding diaryl/α,β-unsaturated/α-hetero) is 1. The van der Waals surface area contributed by atoms with Gasteiger partial charge in [-0.1, -0.05) is 91.9 Å². The van der Waals surface area contributed by atoms with Gasteiger partial charge in [0.25, 0.3) is 0 Å². The number of unbranched alkanes of at least 4 members (excludes halogenated alkanes) is 10. The monoisotopic (exact) mass is 296 g/mol. The number of ketones is 1. The second kappa shape index (κ2) is 13.3. The molecule has 1 nitrogen and oxygen atoms in total. The van der Waals surface area contributed by atoms with Crippen LogP contribution in [0.1, 0.15) is 118 Å². The second-order valence-electron chi connectivity index (χ2n) is 7.88. The summed E-state index contributed by atoms with van der Waals surface area (Å²) in [7, 11) is 0. The van der Waals surface area contributed by atoms with Crippen LogP contribution in [0.25, 0.3) is 0 Å². The van der Waals surface area contributed by atoms with Gasteiger partial charge in [-0.15, -0.1) is 0 Å². The molecule has 0 bridgehead atoms. The molecule has 0 saturated heterocycles. The molecule has 0 aliphatic carbocycles. The lowest BCUT2D eigenvalue weighted by atomic mass is 9.89. The molecule has 0 rings (SSSR count). The van der Waals surface area contributed by atoms with Crippen molar-refractivity contribution in [2.24, 2.45) is 5.41 Å². The molecule has 0 aliphatic rings. The highest BCUT2D eigenvalue weighted by Crippen LogP contribution is 2.21. The van der Waals surface area contributed by atoms with Crippen molar-refractivity contribution < 1.29 is 4.79 Å². The fourth-order valence-corrected chi connectivity index (χ4v) is 2.63. The average molecular weight is 297 g/mol. The maximum absolute atomic E-state index is 11.8. The predicted octanol–water partition coefficient (Wildman–Crippen LogP) is 7.08. The van der Waals surface area contributed by atoms with Crippen molar-refractivity contribution in [2.45, 2.75) is 118 Å². The van der Waals surface area contributed by atoms with E-state index in [0.717, 1.165) is 25.7 Å². The van der Waals surface area contributed by atoms with Gasteiger partial charge in [0.1, 0.15) is 5.78 Å². The van der Waals surface area contributed by atoms with Crippen molar-refractivity contribution in [1.29, 1.82) is 0 Å². The number of hydrogen-bond acceptors (Lipinski definition) is 1. The SMILES string of the molecule is CCCCCCCCCCCCCC(=O)CCC(C)(C)C. The second-order valence-corrected chi connectivity index (χ2v) is 7.88. The van der Waals surface area contributed by atoms with Crippen LogP contribution in [0.15, 0.2) is 0 Å². The van der Waals surface area contributed by atoms with Crippen LogP contribution in [0, 0.1) is 5.41 Å². The minimum Gasteiger partial charge on any atom is -0.300 e. The van der Waals surface area contributed by atoms with Gasteiger partial charge < -0.3 is 0 Å². The van der Waals surface area contributed by atoms with E-state index in [1.807, 2.05) is 0 Å². The van der Waals surface area contributed by atoms with E-state index in [9.17, 15) is 4.79 Å². The summed E-state index contributed by atoms with van der Waals surface area (Å²) in [5, 5.41) is 0. The fraction of sp³-hybridized carbons (Fsp3) is 0.950. The average Bonchev–Trinajstić information content (AvgIpc) is 2.42. The van der Waals surface area contributed by atoms with Gasteiger partial charge in [0.05, 0.1) is 0 Å². The molecule has 0 N–H and O–H groups in total. The first-order valence-corrected chi connectivity index (χ1v) is 9.47. The number of carbonyl (C=O) groups excluding carboxylic acids is 1. The van der Waals surface area contributed by atoms with Crippen LogP contribution in [-0.2, 0) is 4.79 Å². The Morgan fingerprint density at radius 3 is 1.52 bits per heavy atom. The van der Waals surface area contributed by atoms with Crippen LogP contribution < -0.4 is 0 Å². The van der Waals surface area contributed by atoms with E-state index < -0.39 is 0 Å². The highest BCUT2D eigenvalue weighted by molar-refractivity contribution is 5.78.